The first-order chi connectivity index (χ1) is 17.1. The number of hydrogen-bond acceptors (Lipinski definition) is 7. The summed E-state index contributed by atoms with van der Waals surface area (Å²) in [7, 11) is 0. The van der Waals surface area contributed by atoms with E-state index < -0.39 is 4.92 Å². The molecule has 0 fully saturated rings. The van der Waals surface area contributed by atoms with Gasteiger partial charge in [0.1, 0.15) is 11.9 Å². The summed E-state index contributed by atoms with van der Waals surface area (Å²) in [4.78, 5) is 20.7. The Bertz CT molecular complexity index is 1490. The molecule has 0 bridgehead atoms. The van der Waals surface area contributed by atoms with Crippen LogP contribution in [0.4, 0.5) is 5.82 Å². The fourth-order valence-electron chi connectivity index (χ4n) is 4.20. The van der Waals surface area contributed by atoms with Crippen LogP contribution in [0.2, 0.25) is 0 Å². The Hall–Kier alpha value is -3.76. The largest absolute Gasteiger partial charge is 0.494 e. The fraction of sp³-hybridized carbons (Fsp3) is 0.280. The van der Waals surface area contributed by atoms with E-state index in [9.17, 15) is 10.1 Å². The van der Waals surface area contributed by atoms with E-state index in [0.717, 1.165) is 37.9 Å². The minimum atomic E-state index is -0.408. The lowest BCUT2D eigenvalue weighted by Gasteiger charge is -2.08. The normalized spacial score (nSPS) is 11.5. The van der Waals surface area contributed by atoms with Gasteiger partial charge in [0.25, 0.3) is 0 Å². The summed E-state index contributed by atoms with van der Waals surface area (Å²) in [6.45, 7) is 5.65. The van der Waals surface area contributed by atoms with Gasteiger partial charge in [0, 0.05) is 18.9 Å². The molecule has 0 aliphatic heterocycles. The molecule has 10 heteroatoms. The van der Waals surface area contributed by atoms with Crippen LogP contribution in [-0.4, -0.2) is 37.1 Å². The van der Waals surface area contributed by atoms with Gasteiger partial charge in [-0.1, -0.05) is 41.7 Å². The van der Waals surface area contributed by atoms with Gasteiger partial charge in [-0.3, -0.25) is 4.40 Å². The standard InChI is InChI=1S/C25H25N5O4S/c1-3-34-19-10-11-20-22(14-19)35-25-27-24(18-8-5-4-6-9-18)21(29(20)25)16-33-13-7-12-28-17(2)26-15-23(28)30(31)32/h4-6,8-11,14-15H,3,7,12-13,16H2,1-2H3. The van der Waals surface area contributed by atoms with Crippen molar-refractivity contribution in [3.8, 4) is 17.0 Å². The zero-order chi connectivity index (χ0) is 24.4. The number of thiazole rings is 1. The molecule has 0 saturated carbocycles. The highest BCUT2D eigenvalue weighted by Gasteiger charge is 2.20. The molecule has 35 heavy (non-hydrogen) atoms. The Morgan fingerprint density at radius 3 is 2.77 bits per heavy atom. The van der Waals surface area contributed by atoms with Crippen molar-refractivity contribution in [2.45, 2.75) is 33.4 Å². The van der Waals surface area contributed by atoms with Crippen LogP contribution in [0.25, 0.3) is 26.4 Å². The molecule has 0 spiro atoms. The highest BCUT2D eigenvalue weighted by Crippen LogP contribution is 2.35. The lowest BCUT2D eigenvalue weighted by molar-refractivity contribution is -0.392. The summed E-state index contributed by atoms with van der Waals surface area (Å²) >= 11 is 1.62. The van der Waals surface area contributed by atoms with Gasteiger partial charge in [-0.05, 0) is 30.0 Å². The summed E-state index contributed by atoms with van der Waals surface area (Å²) in [6.07, 6.45) is 1.92. The van der Waals surface area contributed by atoms with Gasteiger partial charge in [-0.15, -0.1) is 0 Å². The second-order valence-corrected chi connectivity index (χ2v) is 9.04. The van der Waals surface area contributed by atoms with Crippen LogP contribution in [0.5, 0.6) is 5.75 Å². The minimum Gasteiger partial charge on any atom is -0.494 e. The number of imidazole rings is 2. The van der Waals surface area contributed by atoms with E-state index in [1.54, 1.807) is 22.8 Å². The van der Waals surface area contributed by atoms with Crippen molar-refractivity contribution >= 4 is 32.3 Å². The number of nitrogens with zero attached hydrogens (tertiary/aromatic N) is 5. The number of aryl methyl sites for hydroxylation is 1. The zero-order valence-corrected chi connectivity index (χ0v) is 20.3. The predicted molar refractivity (Wildman–Crippen MR) is 135 cm³/mol. The number of ether oxygens (including phenoxy) is 2. The first-order valence-corrected chi connectivity index (χ1v) is 12.2. The van der Waals surface area contributed by atoms with Crippen LogP contribution in [-0.2, 0) is 17.9 Å². The first-order valence-electron chi connectivity index (χ1n) is 11.4. The van der Waals surface area contributed by atoms with Crippen LogP contribution < -0.4 is 4.74 Å². The topological polar surface area (TPSA) is 96.7 Å². The van der Waals surface area contributed by atoms with Gasteiger partial charge in [0.05, 0.1) is 48.0 Å². The van der Waals surface area contributed by atoms with E-state index in [4.69, 9.17) is 14.5 Å². The van der Waals surface area contributed by atoms with Gasteiger partial charge in [0.2, 0.25) is 0 Å². The fourth-order valence-corrected chi connectivity index (χ4v) is 5.27. The SMILES string of the molecule is CCOc1ccc2c(c1)sc1nc(-c3ccccc3)c(COCCCn3c([N+](=O)[O-])cnc3C)n12. The van der Waals surface area contributed by atoms with E-state index in [0.29, 0.717) is 38.6 Å². The monoisotopic (exact) mass is 491 g/mol. The van der Waals surface area contributed by atoms with E-state index in [-0.39, 0.29) is 5.82 Å². The second-order valence-electron chi connectivity index (χ2n) is 8.03. The average molecular weight is 492 g/mol. The molecule has 0 saturated heterocycles. The van der Waals surface area contributed by atoms with Crippen molar-refractivity contribution in [3.63, 3.8) is 0 Å². The highest BCUT2D eigenvalue weighted by molar-refractivity contribution is 7.23. The number of fused-ring (bicyclic) bond motifs is 3. The molecule has 180 valence electrons. The molecule has 5 rings (SSSR count). The molecule has 0 amide bonds. The molecule has 5 aromatic rings. The number of benzene rings is 2. The van der Waals surface area contributed by atoms with Crippen molar-refractivity contribution in [1.82, 2.24) is 18.9 Å². The quantitative estimate of drug-likeness (QED) is 0.143. The van der Waals surface area contributed by atoms with Gasteiger partial charge >= 0.3 is 5.82 Å². The third-order valence-electron chi connectivity index (χ3n) is 5.80. The van der Waals surface area contributed by atoms with Gasteiger partial charge in [-0.25, -0.2) is 14.5 Å². The Kier molecular flexibility index (Phi) is 6.47. The Morgan fingerprint density at radius 2 is 2.00 bits per heavy atom. The van der Waals surface area contributed by atoms with Crippen LogP contribution in [0.3, 0.4) is 0 Å². The Balaban J connectivity index is 1.40. The van der Waals surface area contributed by atoms with Crippen LogP contribution >= 0.6 is 11.3 Å². The smallest absolute Gasteiger partial charge is 0.342 e. The van der Waals surface area contributed by atoms with Crippen LogP contribution in [0, 0.1) is 17.0 Å². The lowest BCUT2D eigenvalue weighted by atomic mass is 10.1. The van der Waals surface area contributed by atoms with E-state index in [1.165, 1.54) is 6.20 Å². The molecule has 2 aromatic carbocycles. The third kappa shape index (κ3) is 4.50. The maximum atomic E-state index is 11.2. The summed E-state index contributed by atoms with van der Waals surface area (Å²) in [6, 6.07) is 16.2. The molecule has 0 radical (unpaired) electrons. The first kappa shape index (κ1) is 23.0. The van der Waals surface area contributed by atoms with Crippen LogP contribution in [0.1, 0.15) is 24.9 Å². The molecule has 0 N–H and O–H groups in total. The van der Waals surface area contributed by atoms with Crippen molar-refractivity contribution in [2.75, 3.05) is 13.2 Å². The van der Waals surface area contributed by atoms with Crippen molar-refractivity contribution in [1.29, 1.82) is 0 Å². The van der Waals surface area contributed by atoms with Gasteiger partial charge < -0.3 is 19.6 Å². The number of nitro groups is 1. The third-order valence-corrected chi connectivity index (χ3v) is 6.81. The van der Waals surface area contributed by atoms with Gasteiger partial charge in [0.15, 0.2) is 10.8 Å². The summed E-state index contributed by atoms with van der Waals surface area (Å²) < 4.78 is 16.6. The summed E-state index contributed by atoms with van der Waals surface area (Å²) in [5.41, 5.74) is 3.97. The average Bonchev–Trinajstić information content (AvgIpc) is 3.51. The molecule has 0 unspecified atom stereocenters. The second kappa shape index (κ2) is 9.85. The Labute approximate surface area is 205 Å². The van der Waals surface area contributed by atoms with Crippen molar-refractivity contribution < 1.29 is 14.4 Å². The molecular weight excluding hydrogens is 466 g/mol. The van der Waals surface area contributed by atoms with Crippen molar-refractivity contribution in [2.24, 2.45) is 0 Å². The minimum absolute atomic E-state index is 0.00234. The van der Waals surface area contributed by atoms with Crippen LogP contribution in [0.15, 0.2) is 54.7 Å². The van der Waals surface area contributed by atoms with E-state index >= 15 is 0 Å². The number of aromatic nitrogens is 4. The maximum absolute atomic E-state index is 11.2. The molecule has 9 nitrogen and oxygen atoms in total. The zero-order valence-electron chi connectivity index (χ0n) is 19.5. The molecule has 3 heterocycles. The van der Waals surface area contributed by atoms with Crippen molar-refractivity contribution in [3.05, 3.63) is 76.4 Å². The van der Waals surface area contributed by atoms with E-state index in [1.807, 2.05) is 49.4 Å². The van der Waals surface area contributed by atoms with Gasteiger partial charge in [-0.2, -0.15) is 0 Å². The summed E-state index contributed by atoms with van der Waals surface area (Å²) in [5, 5.41) is 11.2. The molecule has 0 aliphatic carbocycles. The lowest BCUT2D eigenvalue weighted by Crippen LogP contribution is -2.08. The maximum Gasteiger partial charge on any atom is 0.342 e. The highest BCUT2D eigenvalue weighted by atomic mass is 32.1. The Morgan fingerprint density at radius 1 is 1.17 bits per heavy atom. The molecule has 0 atom stereocenters. The molecular formula is C25H25N5O4S. The number of hydrogen-bond donors (Lipinski definition) is 0. The molecule has 0 aliphatic rings. The number of rotatable bonds is 10. The predicted octanol–water partition coefficient (Wildman–Crippen LogP) is 5.63. The van der Waals surface area contributed by atoms with E-state index in [2.05, 4.69) is 15.5 Å². The molecule has 3 aromatic heterocycles. The summed E-state index contributed by atoms with van der Waals surface area (Å²) in [5.74, 6) is 1.47.